The number of allylic oxidation sites excluding steroid dienone is 2. The topological polar surface area (TPSA) is 65.2 Å². The van der Waals surface area contributed by atoms with Gasteiger partial charge in [0.25, 0.3) is 0 Å². The van der Waals surface area contributed by atoms with Gasteiger partial charge in [-0.1, -0.05) is 153 Å². The summed E-state index contributed by atoms with van der Waals surface area (Å²) in [4.78, 5) is 0. The van der Waals surface area contributed by atoms with Crippen molar-refractivity contribution in [3.8, 4) is 22.3 Å². The second-order valence-electron chi connectivity index (χ2n) is 11.5. The molecular formula is C44H40N2O. The molecule has 3 heteroatoms. The second kappa shape index (κ2) is 14.1. The quantitative estimate of drug-likeness (QED) is 0.0903. The van der Waals surface area contributed by atoms with Gasteiger partial charge in [-0.2, -0.15) is 0 Å². The molecule has 7 aromatic carbocycles. The molecule has 0 fully saturated rings. The van der Waals surface area contributed by atoms with Crippen molar-refractivity contribution in [2.75, 3.05) is 11.5 Å². The van der Waals surface area contributed by atoms with Crippen LogP contribution in [-0.4, -0.2) is 0 Å². The fraction of sp³-hybridized carbons (Fsp3) is 0.0909. The van der Waals surface area contributed by atoms with Gasteiger partial charge in [-0.25, -0.2) is 0 Å². The van der Waals surface area contributed by atoms with Crippen molar-refractivity contribution in [2.24, 2.45) is 0 Å². The van der Waals surface area contributed by atoms with Gasteiger partial charge < -0.3 is 15.9 Å². The zero-order valence-corrected chi connectivity index (χ0v) is 27.2. The Morgan fingerprint density at radius 1 is 0.468 bits per heavy atom. The number of rotatable bonds is 3. The molecule has 0 bridgehead atoms. The smallest absolute Gasteiger partial charge is 0.143 e. The fourth-order valence-electron chi connectivity index (χ4n) is 6.04. The summed E-state index contributed by atoms with van der Waals surface area (Å²) in [6.45, 7) is 6.19. The zero-order valence-electron chi connectivity index (χ0n) is 27.2. The number of furan rings is 1. The van der Waals surface area contributed by atoms with Crippen LogP contribution in [0.1, 0.15) is 26.3 Å². The van der Waals surface area contributed by atoms with Crippen LogP contribution >= 0.6 is 0 Å². The van der Waals surface area contributed by atoms with Crippen LogP contribution < -0.4 is 11.5 Å². The van der Waals surface area contributed by atoms with Crippen molar-refractivity contribution >= 4 is 54.9 Å². The largest absolute Gasteiger partial charge is 0.455 e. The van der Waals surface area contributed by atoms with E-state index in [1.807, 2.05) is 74.5 Å². The molecule has 0 amide bonds. The van der Waals surface area contributed by atoms with E-state index in [4.69, 9.17) is 15.9 Å². The Balaban J connectivity index is 0.000000163. The van der Waals surface area contributed by atoms with E-state index in [1.54, 1.807) is 0 Å². The van der Waals surface area contributed by atoms with E-state index in [2.05, 4.69) is 97.9 Å². The number of hydrogen-bond donors (Lipinski definition) is 2. The molecule has 47 heavy (non-hydrogen) atoms. The number of benzene rings is 7. The standard InChI is InChI=1S/C26H20O.C14H12N2.C4H8/c1-2-18-14-16-19(17-15-18)20-8-3-4-9-21(20)23-11-7-12-24-22-10-5-6-13-25(22)27-26(23)24;15-13-11-7-3-1-5-9(11)10-6-2-4-8-12(10)14(13)16;1-3-4-2/h3-17H,2H2,1H3;1-8H,15-16H2;3-4H,1-2H3/b;;4-3-. The van der Waals surface area contributed by atoms with Gasteiger partial charge in [-0.05, 0) is 59.4 Å². The lowest BCUT2D eigenvalue weighted by Gasteiger charge is -2.11. The van der Waals surface area contributed by atoms with E-state index in [-0.39, 0.29) is 0 Å². The lowest BCUT2D eigenvalue weighted by Crippen LogP contribution is -1.97. The van der Waals surface area contributed by atoms with Gasteiger partial charge >= 0.3 is 0 Å². The van der Waals surface area contributed by atoms with Crippen molar-refractivity contribution < 1.29 is 4.42 Å². The maximum Gasteiger partial charge on any atom is 0.143 e. The average Bonchev–Trinajstić information content (AvgIpc) is 3.53. The summed E-state index contributed by atoms with van der Waals surface area (Å²) in [6.07, 6.45) is 5.06. The van der Waals surface area contributed by atoms with Gasteiger partial charge in [-0.15, -0.1) is 0 Å². The highest BCUT2D eigenvalue weighted by molar-refractivity contribution is 6.19. The van der Waals surface area contributed by atoms with Gasteiger partial charge in [-0.3, -0.25) is 0 Å². The van der Waals surface area contributed by atoms with E-state index in [0.717, 1.165) is 44.7 Å². The van der Waals surface area contributed by atoms with Crippen molar-refractivity contribution in [3.05, 3.63) is 157 Å². The van der Waals surface area contributed by atoms with Crippen LogP contribution in [0.25, 0.3) is 65.7 Å². The maximum atomic E-state index is 6.27. The molecule has 4 N–H and O–H groups in total. The number of fused-ring (bicyclic) bond motifs is 6. The molecule has 0 aliphatic carbocycles. The molecule has 0 unspecified atom stereocenters. The first-order valence-electron chi connectivity index (χ1n) is 16.2. The minimum atomic E-state index is 0.675. The Morgan fingerprint density at radius 3 is 1.51 bits per heavy atom. The first kappa shape index (κ1) is 31.2. The van der Waals surface area contributed by atoms with Crippen LogP contribution in [0.2, 0.25) is 0 Å². The number of para-hydroxylation sites is 2. The number of nitrogens with two attached hydrogens (primary N) is 2. The molecule has 0 saturated heterocycles. The van der Waals surface area contributed by atoms with Gasteiger partial charge in [0.05, 0.1) is 11.4 Å². The van der Waals surface area contributed by atoms with Crippen LogP contribution in [0.3, 0.4) is 0 Å². The molecule has 0 radical (unpaired) electrons. The number of hydrogen-bond acceptors (Lipinski definition) is 3. The second-order valence-corrected chi connectivity index (χ2v) is 11.5. The van der Waals surface area contributed by atoms with Crippen LogP contribution in [-0.2, 0) is 6.42 Å². The Hall–Kier alpha value is -5.80. The van der Waals surface area contributed by atoms with Crippen molar-refractivity contribution in [2.45, 2.75) is 27.2 Å². The molecule has 0 aliphatic rings. The van der Waals surface area contributed by atoms with E-state index in [9.17, 15) is 0 Å². The lowest BCUT2D eigenvalue weighted by molar-refractivity contribution is 0.670. The minimum Gasteiger partial charge on any atom is -0.455 e. The van der Waals surface area contributed by atoms with E-state index >= 15 is 0 Å². The average molecular weight is 613 g/mol. The minimum absolute atomic E-state index is 0.675. The zero-order chi connectivity index (χ0) is 32.8. The first-order valence-corrected chi connectivity index (χ1v) is 16.2. The predicted octanol–water partition coefficient (Wildman–Crippen LogP) is 12.2. The summed E-state index contributed by atoms with van der Waals surface area (Å²) in [7, 11) is 0. The van der Waals surface area contributed by atoms with Crippen molar-refractivity contribution in [3.63, 3.8) is 0 Å². The molecule has 0 aliphatic heterocycles. The number of aryl methyl sites for hydroxylation is 1. The molecule has 1 heterocycles. The van der Waals surface area contributed by atoms with Crippen LogP contribution in [0.4, 0.5) is 11.4 Å². The summed E-state index contributed by atoms with van der Waals surface area (Å²) >= 11 is 0. The lowest BCUT2D eigenvalue weighted by atomic mass is 9.93. The van der Waals surface area contributed by atoms with Gasteiger partial charge in [0.15, 0.2) is 0 Å². The molecule has 8 aromatic rings. The Morgan fingerprint density at radius 2 is 0.936 bits per heavy atom. The normalized spacial score (nSPS) is 11.0. The Kier molecular flexibility index (Phi) is 9.36. The maximum absolute atomic E-state index is 6.27. The third-order valence-corrected chi connectivity index (χ3v) is 8.64. The highest BCUT2D eigenvalue weighted by Gasteiger charge is 2.15. The van der Waals surface area contributed by atoms with Gasteiger partial charge in [0, 0.05) is 27.1 Å². The monoisotopic (exact) mass is 612 g/mol. The molecule has 8 rings (SSSR count). The van der Waals surface area contributed by atoms with E-state index in [1.165, 1.54) is 33.0 Å². The van der Waals surface area contributed by atoms with Crippen molar-refractivity contribution in [1.82, 2.24) is 0 Å². The highest BCUT2D eigenvalue weighted by Crippen LogP contribution is 2.40. The summed E-state index contributed by atoms with van der Waals surface area (Å²) < 4.78 is 6.27. The summed E-state index contributed by atoms with van der Waals surface area (Å²) in [5.74, 6) is 0. The number of anilines is 2. The third-order valence-electron chi connectivity index (χ3n) is 8.64. The summed E-state index contributed by atoms with van der Waals surface area (Å²) in [5, 5.41) is 6.70. The Bertz CT molecular complexity index is 2260. The molecule has 3 nitrogen and oxygen atoms in total. The third kappa shape index (κ3) is 6.21. The first-order chi connectivity index (χ1) is 23.0. The molecular weight excluding hydrogens is 572 g/mol. The number of nitrogen functional groups attached to an aromatic ring is 2. The Labute approximate surface area is 276 Å². The highest BCUT2D eigenvalue weighted by atomic mass is 16.3. The van der Waals surface area contributed by atoms with Crippen LogP contribution in [0.15, 0.2) is 156 Å². The van der Waals surface area contributed by atoms with Gasteiger partial charge in [0.2, 0.25) is 0 Å². The summed E-state index contributed by atoms with van der Waals surface area (Å²) in [5.41, 5.74) is 21.5. The fourth-order valence-corrected chi connectivity index (χ4v) is 6.04. The van der Waals surface area contributed by atoms with Gasteiger partial charge in [0.1, 0.15) is 11.2 Å². The molecule has 1 aromatic heterocycles. The molecule has 0 saturated carbocycles. The van der Waals surface area contributed by atoms with Crippen molar-refractivity contribution in [1.29, 1.82) is 0 Å². The molecule has 0 atom stereocenters. The van der Waals surface area contributed by atoms with Crippen LogP contribution in [0.5, 0.6) is 0 Å². The molecule has 232 valence electrons. The van der Waals surface area contributed by atoms with Crippen LogP contribution in [0, 0.1) is 0 Å². The molecule has 0 spiro atoms. The predicted molar refractivity (Wildman–Crippen MR) is 205 cm³/mol. The SMILES string of the molecule is C/C=C\C.CCc1ccc(-c2ccccc2-c2cccc3c2oc2ccccc23)cc1.Nc1c(N)c2ccccc2c2ccccc12. The van der Waals surface area contributed by atoms with E-state index in [0.29, 0.717) is 11.4 Å². The van der Waals surface area contributed by atoms with E-state index < -0.39 is 0 Å². The summed E-state index contributed by atoms with van der Waals surface area (Å²) in [6, 6.07) is 48.3.